The third-order valence-electron chi connectivity index (χ3n) is 11.6. The van der Waals surface area contributed by atoms with Crippen molar-refractivity contribution in [2.45, 2.75) is 0 Å². The minimum atomic E-state index is 0.663. The van der Waals surface area contributed by atoms with Gasteiger partial charge in [-0.25, -0.2) is 9.97 Å². The molecular weight excluding hydrogens is 673 g/mol. The van der Waals surface area contributed by atoms with Crippen molar-refractivity contribution < 1.29 is 4.42 Å². The third kappa shape index (κ3) is 3.81. The van der Waals surface area contributed by atoms with Gasteiger partial charge in [0.25, 0.3) is 0 Å². The average molecular weight is 701 g/mol. The van der Waals surface area contributed by atoms with Crippen LogP contribution in [0.1, 0.15) is 0 Å². The van der Waals surface area contributed by atoms with Crippen LogP contribution in [0, 0.1) is 0 Å². The zero-order valence-corrected chi connectivity index (χ0v) is 29.4. The fraction of sp³-hybridized carbons (Fsp3) is 0. The fourth-order valence-corrected chi connectivity index (χ4v) is 9.30. The van der Waals surface area contributed by atoms with E-state index in [4.69, 9.17) is 14.4 Å². The van der Waals surface area contributed by atoms with Gasteiger partial charge in [0.15, 0.2) is 11.4 Å². The molecule has 0 unspecified atom stereocenters. The SMILES string of the molecule is c1ccc(-c2nc(-c3ccc(-n4c5ccccc5c5ccc6ccc7c8cccc9c%10ccccc%10n(c98)c7c6c54)cc3)nc3c2oc2ccccc23)cc1. The van der Waals surface area contributed by atoms with Crippen LogP contribution in [-0.4, -0.2) is 18.9 Å². The molecule has 0 bridgehead atoms. The number of hydrogen-bond acceptors (Lipinski definition) is 3. The number of hydrogen-bond donors (Lipinski definition) is 0. The van der Waals surface area contributed by atoms with Crippen LogP contribution in [0.2, 0.25) is 0 Å². The number of benzene rings is 8. The quantitative estimate of drug-likeness (QED) is 0.184. The van der Waals surface area contributed by atoms with E-state index in [1.165, 1.54) is 70.7 Å². The van der Waals surface area contributed by atoms with Crippen molar-refractivity contribution in [1.29, 1.82) is 0 Å². The second-order valence-corrected chi connectivity index (χ2v) is 14.5. The maximum Gasteiger partial charge on any atom is 0.180 e. The molecule has 8 aromatic carbocycles. The Kier molecular flexibility index (Phi) is 5.57. The lowest BCUT2D eigenvalue weighted by Crippen LogP contribution is -1.97. The van der Waals surface area contributed by atoms with Crippen molar-refractivity contribution in [2.24, 2.45) is 0 Å². The van der Waals surface area contributed by atoms with Gasteiger partial charge in [0.1, 0.15) is 16.8 Å². The molecule has 0 amide bonds. The highest BCUT2D eigenvalue weighted by Crippen LogP contribution is 2.45. The molecule has 0 radical (unpaired) electrons. The first-order chi connectivity index (χ1) is 27.3. The lowest BCUT2D eigenvalue weighted by Gasteiger charge is -2.12. The molecule has 0 fully saturated rings. The summed E-state index contributed by atoms with van der Waals surface area (Å²) in [4.78, 5) is 10.3. The monoisotopic (exact) mass is 700 g/mol. The Balaban J connectivity index is 1.09. The molecule has 5 aromatic heterocycles. The van der Waals surface area contributed by atoms with E-state index in [1.807, 2.05) is 36.4 Å². The molecule has 0 atom stereocenters. The van der Waals surface area contributed by atoms with Crippen molar-refractivity contribution in [2.75, 3.05) is 0 Å². The molecule has 13 rings (SSSR count). The number of aromatic nitrogens is 4. The molecule has 13 aromatic rings. The van der Waals surface area contributed by atoms with Gasteiger partial charge in [0.2, 0.25) is 0 Å². The largest absolute Gasteiger partial charge is 0.452 e. The van der Waals surface area contributed by atoms with Gasteiger partial charge in [0.05, 0.1) is 27.6 Å². The predicted molar refractivity (Wildman–Crippen MR) is 227 cm³/mol. The van der Waals surface area contributed by atoms with Gasteiger partial charge in [-0.1, -0.05) is 121 Å². The van der Waals surface area contributed by atoms with E-state index in [0.29, 0.717) is 11.4 Å². The Morgan fingerprint density at radius 2 is 1.04 bits per heavy atom. The maximum atomic E-state index is 6.37. The Hall–Kier alpha value is -7.50. The van der Waals surface area contributed by atoms with Gasteiger partial charge in [0, 0.05) is 59.9 Å². The minimum absolute atomic E-state index is 0.663. The zero-order chi connectivity index (χ0) is 35.8. The van der Waals surface area contributed by atoms with Crippen molar-refractivity contribution in [3.63, 3.8) is 0 Å². The Morgan fingerprint density at radius 1 is 0.418 bits per heavy atom. The highest BCUT2D eigenvalue weighted by molar-refractivity contribution is 6.32. The summed E-state index contributed by atoms with van der Waals surface area (Å²) in [6, 6.07) is 60.6. The van der Waals surface area contributed by atoms with Gasteiger partial charge in [-0.2, -0.15) is 0 Å². The van der Waals surface area contributed by atoms with E-state index in [-0.39, 0.29) is 0 Å². The first kappa shape index (κ1) is 29.0. The minimum Gasteiger partial charge on any atom is -0.452 e. The molecule has 0 aliphatic rings. The van der Waals surface area contributed by atoms with Crippen LogP contribution in [0.3, 0.4) is 0 Å². The first-order valence-corrected chi connectivity index (χ1v) is 18.7. The van der Waals surface area contributed by atoms with Gasteiger partial charge < -0.3 is 13.4 Å². The van der Waals surface area contributed by atoms with E-state index >= 15 is 0 Å². The van der Waals surface area contributed by atoms with Crippen LogP contribution in [0.15, 0.2) is 174 Å². The summed E-state index contributed by atoms with van der Waals surface area (Å²) in [5.41, 5.74) is 12.3. The number of fused-ring (bicyclic) bond motifs is 15. The van der Waals surface area contributed by atoms with Crippen molar-refractivity contribution in [3.05, 3.63) is 170 Å². The van der Waals surface area contributed by atoms with Crippen LogP contribution in [0.25, 0.3) is 121 Å². The third-order valence-corrected chi connectivity index (χ3v) is 11.6. The molecule has 0 aliphatic heterocycles. The number of nitrogens with zero attached hydrogens (tertiary/aromatic N) is 4. The summed E-state index contributed by atoms with van der Waals surface area (Å²) in [5.74, 6) is 0.663. The van der Waals surface area contributed by atoms with Crippen molar-refractivity contribution in [1.82, 2.24) is 18.9 Å². The summed E-state index contributed by atoms with van der Waals surface area (Å²) < 4.78 is 11.3. The number of furan rings is 1. The Morgan fingerprint density at radius 3 is 1.84 bits per heavy atom. The highest BCUT2D eigenvalue weighted by Gasteiger charge is 2.23. The van der Waals surface area contributed by atoms with Gasteiger partial charge in [-0.3, -0.25) is 0 Å². The maximum absolute atomic E-state index is 6.37. The molecular formula is C50H28N4O. The summed E-state index contributed by atoms with van der Waals surface area (Å²) in [6.45, 7) is 0. The van der Waals surface area contributed by atoms with Crippen LogP contribution in [0.5, 0.6) is 0 Å². The fourth-order valence-electron chi connectivity index (χ4n) is 9.30. The van der Waals surface area contributed by atoms with Crippen LogP contribution >= 0.6 is 0 Å². The predicted octanol–water partition coefficient (Wildman–Crippen LogP) is 13.1. The molecule has 5 nitrogen and oxygen atoms in total. The lowest BCUT2D eigenvalue weighted by atomic mass is 10.0. The second-order valence-electron chi connectivity index (χ2n) is 14.5. The molecule has 0 saturated carbocycles. The smallest absolute Gasteiger partial charge is 0.180 e. The standard InChI is InChI=1S/C50H28N4O/c1-2-11-30(12-3-1)44-49-45(39-15-6-9-20-42(39)55-49)52-50(51-44)31-21-25-32(26-22-31)53-40-18-7-4-14-34(40)37-27-23-29-24-28-38-36-17-10-16-35-33-13-5-8-19-41(33)54(46(35)36)48(38)43(29)47(37)53/h1-28H. The second kappa shape index (κ2) is 10.6. The molecule has 0 spiro atoms. The van der Waals surface area contributed by atoms with E-state index in [1.54, 1.807) is 0 Å². The lowest BCUT2D eigenvalue weighted by molar-refractivity contribution is 0.667. The molecule has 0 aliphatic carbocycles. The van der Waals surface area contributed by atoms with E-state index < -0.39 is 0 Å². The van der Waals surface area contributed by atoms with Crippen LogP contribution < -0.4 is 0 Å². The first-order valence-electron chi connectivity index (χ1n) is 18.7. The van der Waals surface area contributed by atoms with E-state index in [9.17, 15) is 0 Å². The van der Waals surface area contributed by atoms with E-state index in [0.717, 1.165) is 39.0 Å². The molecule has 254 valence electrons. The topological polar surface area (TPSA) is 48.3 Å². The Bertz CT molecular complexity index is 3700. The van der Waals surface area contributed by atoms with Crippen LogP contribution in [0.4, 0.5) is 0 Å². The molecule has 5 heterocycles. The van der Waals surface area contributed by atoms with Crippen molar-refractivity contribution >= 4 is 92.7 Å². The zero-order valence-electron chi connectivity index (χ0n) is 29.4. The highest BCUT2D eigenvalue weighted by atomic mass is 16.3. The Labute approximate surface area is 313 Å². The number of para-hydroxylation sites is 4. The van der Waals surface area contributed by atoms with Gasteiger partial charge >= 0.3 is 0 Å². The van der Waals surface area contributed by atoms with E-state index in [2.05, 4.69) is 142 Å². The summed E-state index contributed by atoms with van der Waals surface area (Å²) >= 11 is 0. The van der Waals surface area contributed by atoms with Crippen molar-refractivity contribution in [3.8, 4) is 28.3 Å². The molecule has 0 N–H and O–H groups in total. The molecule has 5 heteroatoms. The normalized spacial score (nSPS) is 12.4. The number of rotatable bonds is 3. The summed E-state index contributed by atoms with van der Waals surface area (Å²) in [6.07, 6.45) is 0. The summed E-state index contributed by atoms with van der Waals surface area (Å²) in [7, 11) is 0. The van der Waals surface area contributed by atoms with Crippen LogP contribution in [-0.2, 0) is 0 Å². The summed E-state index contributed by atoms with van der Waals surface area (Å²) in [5, 5.41) is 11.0. The van der Waals surface area contributed by atoms with Gasteiger partial charge in [-0.15, -0.1) is 0 Å². The van der Waals surface area contributed by atoms with Gasteiger partial charge in [-0.05, 0) is 53.9 Å². The molecule has 55 heavy (non-hydrogen) atoms. The average Bonchev–Trinajstić information content (AvgIpc) is 3.99. The molecule has 0 saturated heterocycles.